The fraction of sp³-hybridized carbons (Fsp3) is 0.360. The first kappa shape index (κ1) is 25.2. The maximum atomic E-state index is 13.5. The van der Waals surface area contributed by atoms with E-state index in [2.05, 4.69) is 10.6 Å². The van der Waals surface area contributed by atoms with E-state index in [1.54, 1.807) is 19.9 Å². The fourth-order valence-corrected chi connectivity index (χ4v) is 6.59. The maximum absolute atomic E-state index is 13.5. The summed E-state index contributed by atoms with van der Waals surface area (Å²) in [6, 6.07) is 7.24. The summed E-state index contributed by atoms with van der Waals surface area (Å²) >= 11 is 6.14. The molecule has 0 saturated heterocycles. The minimum atomic E-state index is -4.13. The molecule has 35 heavy (non-hydrogen) atoms. The first-order valence-electron chi connectivity index (χ1n) is 11.4. The Kier molecular flexibility index (Phi) is 7.21. The van der Waals surface area contributed by atoms with Gasteiger partial charge in [0.15, 0.2) is 0 Å². The summed E-state index contributed by atoms with van der Waals surface area (Å²) in [5.41, 5.74) is 3.91. The topological polar surface area (TPSA) is 116 Å². The molecule has 10 heteroatoms. The Balaban J connectivity index is 1.56. The van der Waals surface area contributed by atoms with Crippen LogP contribution in [0.4, 0.5) is 0 Å². The second kappa shape index (κ2) is 10.0. The summed E-state index contributed by atoms with van der Waals surface area (Å²) in [7, 11) is -4.13. The van der Waals surface area contributed by atoms with E-state index in [1.165, 1.54) is 18.5 Å². The number of aryl methyl sites for hydroxylation is 3. The fourth-order valence-electron chi connectivity index (χ4n) is 4.63. The van der Waals surface area contributed by atoms with Gasteiger partial charge in [0.2, 0.25) is 11.8 Å². The van der Waals surface area contributed by atoms with E-state index in [0.717, 1.165) is 40.3 Å². The number of amides is 2. The van der Waals surface area contributed by atoms with Crippen molar-refractivity contribution in [3.05, 3.63) is 75.6 Å². The van der Waals surface area contributed by atoms with Crippen molar-refractivity contribution in [1.29, 1.82) is 0 Å². The molecule has 8 nitrogen and oxygen atoms in total. The molecule has 2 aromatic carbocycles. The SMILES string of the molecule is Cc1cc(S(=O)(=O)N2C=CNC(=O)[C@H]2CC(=O)N[C@@H]2CCCc3cc(CO)ccc32)c(C)cc1Cl. The van der Waals surface area contributed by atoms with Crippen LogP contribution >= 0.6 is 11.6 Å². The van der Waals surface area contributed by atoms with Crippen LogP contribution in [0.1, 0.15) is 53.1 Å². The van der Waals surface area contributed by atoms with Crippen LogP contribution in [0.25, 0.3) is 0 Å². The number of fused-ring (bicyclic) bond motifs is 1. The zero-order valence-electron chi connectivity index (χ0n) is 19.5. The van der Waals surface area contributed by atoms with Gasteiger partial charge in [-0.1, -0.05) is 29.8 Å². The number of nitrogens with zero attached hydrogens (tertiary/aromatic N) is 1. The first-order chi connectivity index (χ1) is 16.6. The smallest absolute Gasteiger partial charge is 0.264 e. The van der Waals surface area contributed by atoms with Crippen LogP contribution in [0.5, 0.6) is 0 Å². The number of sulfonamides is 1. The number of nitrogens with one attached hydrogen (secondary N) is 2. The van der Waals surface area contributed by atoms with Crippen molar-refractivity contribution in [2.75, 3.05) is 0 Å². The summed E-state index contributed by atoms with van der Waals surface area (Å²) in [5, 5.41) is 15.3. The highest BCUT2D eigenvalue weighted by atomic mass is 35.5. The van der Waals surface area contributed by atoms with Crippen molar-refractivity contribution >= 4 is 33.4 Å². The zero-order chi connectivity index (χ0) is 25.3. The molecule has 2 amide bonds. The highest BCUT2D eigenvalue weighted by Gasteiger charge is 2.38. The van der Waals surface area contributed by atoms with Crippen LogP contribution in [0.3, 0.4) is 0 Å². The van der Waals surface area contributed by atoms with Crippen LogP contribution < -0.4 is 10.6 Å². The van der Waals surface area contributed by atoms with Crippen LogP contribution in [0.2, 0.25) is 5.02 Å². The molecule has 0 unspecified atom stereocenters. The van der Waals surface area contributed by atoms with Crippen LogP contribution in [-0.4, -0.2) is 35.7 Å². The van der Waals surface area contributed by atoms with Gasteiger partial charge in [-0.15, -0.1) is 0 Å². The minimum absolute atomic E-state index is 0.0325. The lowest BCUT2D eigenvalue weighted by molar-refractivity contribution is -0.129. The summed E-state index contributed by atoms with van der Waals surface area (Å²) < 4.78 is 28.0. The Morgan fingerprint density at radius 3 is 2.74 bits per heavy atom. The van der Waals surface area contributed by atoms with Crippen molar-refractivity contribution < 1.29 is 23.1 Å². The summed E-state index contributed by atoms with van der Waals surface area (Å²) in [6.45, 7) is 3.29. The Hall–Kier alpha value is -2.88. The number of aliphatic hydroxyl groups is 1. The lowest BCUT2D eigenvalue weighted by Crippen LogP contribution is -2.51. The van der Waals surface area contributed by atoms with Crippen LogP contribution in [0, 0.1) is 13.8 Å². The van der Waals surface area contributed by atoms with Gasteiger partial charge in [-0.2, -0.15) is 0 Å². The summed E-state index contributed by atoms with van der Waals surface area (Å²) in [5.74, 6) is -1.00. The van der Waals surface area contributed by atoms with Gasteiger partial charge in [-0.05, 0) is 73.1 Å². The van der Waals surface area contributed by atoms with Crippen molar-refractivity contribution in [3.8, 4) is 0 Å². The van der Waals surface area contributed by atoms with Gasteiger partial charge in [0.1, 0.15) is 6.04 Å². The molecular weight excluding hydrogens is 490 g/mol. The second-order valence-electron chi connectivity index (χ2n) is 8.95. The number of benzene rings is 2. The summed E-state index contributed by atoms with van der Waals surface area (Å²) in [4.78, 5) is 25.8. The van der Waals surface area contributed by atoms with E-state index in [4.69, 9.17) is 11.6 Å². The standard InChI is InChI=1S/C25H28ClN3O5S/c1-15-11-23(16(2)10-20(15)26)35(33,34)29-9-8-27-25(32)22(29)13-24(31)28-21-5-3-4-18-12-17(14-30)6-7-19(18)21/h6-12,21-22,30H,3-5,13-14H2,1-2H3,(H,27,32)(H,28,31)/t21-,22-/m1/s1. The molecule has 1 heterocycles. The lowest BCUT2D eigenvalue weighted by atomic mass is 9.86. The lowest BCUT2D eigenvalue weighted by Gasteiger charge is -2.32. The number of halogens is 1. The van der Waals surface area contributed by atoms with E-state index in [1.807, 2.05) is 18.2 Å². The predicted molar refractivity (Wildman–Crippen MR) is 132 cm³/mol. The number of hydrogen-bond donors (Lipinski definition) is 3. The molecule has 2 aromatic rings. The van der Waals surface area contributed by atoms with E-state index in [0.29, 0.717) is 16.1 Å². The molecule has 0 bridgehead atoms. The van der Waals surface area contributed by atoms with E-state index < -0.39 is 27.9 Å². The van der Waals surface area contributed by atoms with Gasteiger partial charge in [0.25, 0.3) is 10.0 Å². The molecule has 1 aliphatic carbocycles. The van der Waals surface area contributed by atoms with E-state index in [-0.39, 0.29) is 24.0 Å². The first-order valence-corrected chi connectivity index (χ1v) is 13.2. The highest BCUT2D eigenvalue weighted by Crippen LogP contribution is 2.32. The van der Waals surface area contributed by atoms with Crippen molar-refractivity contribution in [2.45, 2.75) is 63.1 Å². The number of hydrogen-bond acceptors (Lipinski definition) is 5. The Bertz CT molecular complexity index is 1310. The third kappa shape index (κ3) is 5.07. The van der Waals surface area contributed by atoms with Crippen molar-refractivity contribution in [2.24, 2.45) is 0 Å². The molecule has 186 valence electrons. The third-order valence-electron chi connectivity index (χ3n) is 6.49. The molecule has 2 aliphatic rings. The zero-order valence-corrected chi connectivity index (χ0v) is 21.1. The third-order valence-corrected chi connectivity index (χ3v) is 8.82. The number of aliphatic hydroxyl groups excluding tert-OH is 1. The maximum Gasteiger partial charge on any atom is 0.264 e. The van der Waals surface area contributed by atoms with Gasteiger partial charge < -0.3 is 15.7 Å². The van der Waals surface area contributed by atoms with Crippen molar-refractivity contribution in [1.82, 2.24) is 14.9 Å². The van der Waals surface area contributed by atoms with Gasteiger partial charge in [-0.25, -0.2) is 8.42 Å². The number of carbonyl (C=O) groups is 2. The average molecular weight is 518 g/mol. The number of rotatable bonds is 6. The largest absolute Gasteiger partial charge is 0.392 e. The molecule has 0 saturated carbocycles. The van der Waals surface area contributed by atoms with Gasteiger partial charge in [-0.3, -0.25) is 13.9 Å². The van der Waals surface area contributed by atoms with Crippen LogP contribution in [-0.2, 0) is 32.6 Å². The monoisotopic (exact) mass is 517 g/mol. The molecular formula is C25H28ClN3O5S. The molecule has 3 N–H and O–H groups in total. The van der Waals surface area contributed by atoms with Gasteiger partial charge >= 0.3 is 0 Å². The second-order valence-corrected chi connectivity index (χ2v) is 11.2. The van der Waals surface area contributed by atoms with Gasteiger partial charge in [0.05, 0.1) is 24.0 Å². The Morgan fingerprint density at radius 1 is 1.23 bits per heavy atom. The minimum Gasteiger partial charge on any atom is -0.392 e. The highest BCUT2D eigenvalue weighted by molar-refractivity contribution is 7.89. The Labute approximate surface area is 210 Å². The van der Waals surface area contributed by atoms with E-state index >= 15 is 0 Å². The van der Waals surface area contributed by atoms with Crippen LogP contribution in [0.15, 0.2) is 47.6 Å². The molecule has 1 aliphatic heterocycles. The average Bonchev–Trinajstić information content (AvgIpc) is 2.82. The quantitative estimate of drug-likeness (QED) is 0.545. The normalized spacial score (nSPS) is 19.8. The molecule has 0 radical (unpaired) electrons. The van der Waals surface area contributed by atoms with E-state index in [9.17, 15) is 23.1 Å². The Morgan fingerprint density at radius 2 is 2.00 bits per heavy atom. The molecule has 4 rings (SSSR count). The molecule has 0 spiro atoms. The summed E-state index contributed by atoms with van der Waals surface area (Å²) in [6.07, 6.45) is 4.65. The molecule has 0 fully saturated rings. The molecule has 2 atom stereocenters. The van der Waals surface area contributed by atoms with Crippen molar-refractivity contribution in [3.63, 3.8) is 0 Å². The predicted octanol–water partition coefficient (Wildman–Crippen LogP) is 2.99. The van der Waals surface area contributed by atoms with Gasteiger partial charge in [0, 0.05) is 17.4 Å². The number of carbonyl (C=O) groups excluding carboxylic acids is 2. The molecule has 0 aromatic heterocycles.